The molecule has 0 aromatic heterocycles. The van der Waals surface area contributed by atoms with Gasteiger partial charge in [0.15, 0.2) is 0 Å². The Morgan fingerprint density at radius 3 is 1.88 bits per heavy atom. The van der Waals surface area contributed by atoms with Crippen LogP contribution in [0.15, 0.2) is 91.9 Å². The first kappa shape index (κ1) is 19.8. The molecule has 134 valence electrons. The van der Waals surface area contributed by atoms with Crippen LogP contribution < -0.4 is 0 Å². The lowest BCUT2D eigenvalue weighted by atomic mass is 9.70. The maximum atomic E-state index is 4.79. The van der Waals surface area contributed by atoms with Crippen molar-refractivity contribution < 1.29 is 0 Å². The Morgan fingerprint density at radius 2 is 1.35 bits per heavy atom. The van der Waals surface area contributed by atoms with Crippen LogP contribution in [0.4, 0.5) is 0 Å². The van der Waals surface area contributed by atoms with Crippen molar-refractivity contribution in [3.05, 3.63) is 83.5 Å². The molecule has 0 aliphatic heterocycles. The molecule has 2 aromatic carbocycles. The van der Waals surface area contributed by atoms with Crippen molar-refractivity contribution in [2.24, 2.45) is 5.92 Å². The second-order valence-corrected chi connectivity index (χ2v) is 8.55. The molecule has 0 amide bonds. The second kappa shape index (κ2) is 7.97. The third-order valence-corrected chi connectivity index (χ3v) is 7.02. The van der Waals surface area contributed by atoms with E-state index in [0.717, 1.165) is 30.7 Å². The van der Waals surface area contributed by atoms with Crippen LogP contribution in [-0.2, 0) is 5.41 Å². The SMILES string of the molecule is CC1C=CC=C(C(C)(c2cccc(S)c2S)c2cccc(S)c2S)C=C1. The Labute approximate surface area is 178 Å². The fourth-order valence-corrected chi connectivity index (χ4v) is 4.53. The van der Waals surface area contributed by atoms with Crippen LogP contribution in [-0.4, -0.2) is 0 Å². The van der Waals surface area contributed by atoms with Crippen molar-refractivity contribution in [3.63, 3.8) is 0 Å². The zero-order valence-corrected chi connectivity index (χ0v) is 18.3. The van der Waals surface area contributed by atoms with Gasteiger partial charge in [-0.3, -0.25) is 0 Å². The van der Waals surface area contributed by atoms with E-state index in [4.69, 9.17) is 25.3 Å². The molecule has 0 bridgehead atoms. The van der Waals surface area contributed by atoms with Crippen molar-refractivity contribution in [1.82, 2.24) is 0 Å². The quantitative estimate of drug-likeness (QED) is 0.388. The van der Waals surface area contributed by atoms with Crippen LogP contribution in [0.1, 0.15) is 25.0 Å². The summed E-state index contributed by atoms with van der Waals surface area (Å²) >= 11 is 18.8. The summed E-state index contributed by atoms with van der Waals surface area (Å²) in [6.45, 7) is 4.40. The maximum absolute atomic E-state index is 4.79. The first-order chi connectivity index (χ1) is 12.4. The number of hydrogen-bond donors (Lipinski definition) is 4. The minimum Gasteiger partial charge on any atom is -0.142 e. The largest absolute Gasteiger partial charge is 0.142 e. The number of allylic oxidation sites excluding steroid dienone is 6. The minimum absolute atomic E-state index is 0.395. The predicted octanol–water partition coefficient (Wildman–Crippen LogP) is 6.84. The topological polar surface area (TPSA) is 0 Å². The number of hydrogen-bond acceptors (Lipinski definition) is 4. The molecule has 0 fully saturated rings. The van der Waals surface area contributed by atoms with Gasteiger partial charge < -0.3 is 0 Å². The van der Waals surface area contributed by atoms with Gasteiger partial charge in [0.1, 0.15) is 0 Å². The van der Waals surface area contributed by atoms with Gasteiger partial charge in [0.05, 0.1) is 0 Å². The normalized spacial score (nSPS) is 17.2. The van der Waals surface area contributed by atoms with E-state index < -0.39 is 5.41 Å². The minimum atomic E-state index is -0.434. The van der Waals surface area contributed by atoms with E-state index in [-0.39, 0.29) is 0 Å². The standard InChI is InChI=1S/C22H22S4/c1-14-6-3-7-15(13-12-14)22(2,16-8-4-10-18(23)20(16)25)17-9-5-11-19(24)21(17)26/h3-14,23-26H,1-2H3. The highest BCUT2D eigenvalue weighted by molar-refractivity contribution is 7.84. The molecule has 3 rings (SSSR count). The average Bonchev–Trinajstić information content (AvgIpc) is 2.84. The predicted molar refractivity (Wildman–Crippen MR) is 124 cm³/mol. The summed E-state index contributed by atoms with van der Waals surface area (Å²) in [5.74, 6) is 0.395. The molecule has 0 nitrogen and oxygen atoms in total. The summed E-state index contributed by atoms with van der Waals surface area (Å²) < 4.78 is 0. The van der Waals surface area contributed by atoms with E-state index in [2.05, 4.69) is 81.6 Å². The zero-order chi connectivity index (χ0) is 18.9. The molecule has 1 atom stereocenters. The molecule has 1 unspecified atom stereocenters. The molecule has 26 heavy (non-hydrogen) atoms. The summed E-state index contributed by atoms with van der Waals surface area (Å²) in [7, 11) is 0. The maximum Gasteiger partial charge on any atom is 0.0445 e. The van der Waals surface area contributed by atoms with Crippen LogP contribution in [0.3, 0.4) is 0 Å². The third-order valence-electron chi connectivity index (χ3n) is 4.95. The molecule has 0 N–H and O–H groups in total. The zero-order valence-electron chi connectivity index (χ0n) is 14.7. The van der Waals surface area contributed by atoms with Crippen molar-refractivity contribution in [2.75, 3.05) is 0 Å². The summed E-state index contributed by atoms with van der Waals surface area (Å²) in [5, 5.41) is 0. The van der Waals surface area contributed by atoms with Gasteiger partial charge >= 0.3 is 0 Å². The molecular weight excluding hydrogens is 393 g/mol. The molecule has 0 saturated carbocycles. The molecule has 1 aliphatic carbocycles. The van der Waals surface area contributed by atoms with Crippen LogP contribution >= 0.6 is 50.5 Å². The highest BCUT2D eigenvalue weighted by Crippen LogP contribution is 2.46. The van der Waals surface area contributed by atoms with Gasteiger partial charge in [-0.2, -0.15) is 0 Å². The van der Waals surface area contributed by atoms with E-state index in [1.54, 1.807) is 0 Å². The summed E-state index contributed by atoms with van der Waals surface area (Å²) in [4.78, 5) is 3.49. The molecule has 0 radical (unpaired) electrons. The summed E-state index contributed by atoms with van der Waals surface area (Å²) in [5.41, 5.74) is 2.95. The van der Waals surface area contributed by atoms with Gasteiger partial charge in [-0.15, -0.1) is 50.5 Å². The summed E-state index contributed by atoms with van der Waals surface area (Å²) in [6, 6.07) is 12.2. The van der Waals surface area contributed by atoms with Gasteiger partial charge in [-0.25, -0.2) is 0 Å². The monoisotopic (exact) mass is 414 g/mol. The third kappa shape index (κ3) is 3.57. The molecule has 0 saturated heterocycles. The highest BCUT2D eigenvalue weighted by Gasteiger charge is 2.36. The fourth-order valence-electron chi connectivity index (χ4n) is 3.37. The van der Waals surface area contributed by atoms with E-state index >= 15 is 0 Å². The van der Waals surface area contributed by atoms with E-state index in [0.29, 0.717) is 5.92 Å². The number of rotatable bonds is 3. The lowest BCUT2D eigenvalue weighted by Gasteiger charge is -2.35. The van der Waals surface area contributed by atoms with Crippen molar-refractivity contribution in [2.45, 2.75) is 38.8 Å². The Balaban J connectivity index is 2.35. The van der Waals surface area contributed by atoms with Gasteiger partial charge in [-0.1, -0.05) is 61.6 Å². The smallest absolute Gasteiger partial charge is 0.0445 e. The Bertz CT molecular complexity index is 870. The highest BCUT2D eigenvalue weighted by atomic mass is 32.1. The molecule has 4 heteroatoms. The fraction of sp³-hybridized carbons (Fsp3) is 0.182. The molecular formula is C22H22S4. The van der Waals surface area contributed by atoms with Crippen molar-refractivity contribution >= 4 is 50.5 Å². The van der Waals surface area contributed by atoms with Crippen LogP contribution in [0, 0.1) is 5.92 Å². The van der Waals surface area contributed by atoms with Crippen molar-refractivity contribution in [1.29, 1.82) is 0 Å². The van der Waals surface area contributed by atoms with Gasteiger partial charge in [0.2, 0.25) is 0 Å². The molecule has 0 heterocycles. The lowest BCUT2D eigenvalue weighted by Crippen LogP contribution is -2.27. The van der Waals surface area contributed by atoms with Crippen LogP contribution in [0.5, 0.6) is 0 Å². The lowest BCUT2D eigenvalue weighted by molar-refractivity contribution is 0.652. The Hall–Kier alpha value is -0.940. The number of thiol groups is 4. The van der Waals surface area contributed by atoms with Gasteiger partial charge in [0, 0.05) is 25.0 Å². The van der Waals surface area contributed by atoms with Crippen molar-refractivity contribution in [3.8, 4) is 0 Å². The molecule has 2 aromatic rings. The van der Waals surface area contributed by atoms with Gasteiger partial charge in [0.25, 0.3) is 0 Å². The van der Waals surface area contributed by atoms with Crippen LogP contribution in [0.25, 0.3) is 0 Å². The second-order valence-electron chi connectivity index (χ2n) is 6.70. The first-order valence-corrected chi connectivity index (χ1v) is 10.2. The molecule has 0 spiro atoms. The Morgan fingerprint density at radius 1 is 0.808 bits per heavy atom. The van der Waals surface area contributed by atoms with Gasteiger partial charge in [-0.05, 0) is 41.7 Å². The van der Waals surface area contributed by atoms with Crippen LogP contribution in [0.2, 0.25) is 0 Å². The average molecular weight is 415 g/mol. The van der Waals surface area contributed by atoms with E-state index in [1.807, 2.05) is 24.3 Å². The number of benzene rings is 2. The Kier molecular flexibility index (Phi) is 6.07. The first-order valence-electron chi connectivity index (χ1n) is 8.45. The van der Waals surface area contributed by atoms with E-state index in [9.17, 15) is 0 Å². The summed E-state index contributed by atoms with van der Waals surface area (Å²) in [6.07, 6.45) is 10.9. The van der Waals surface area contributed by atoms with E-state index in [1.165, 1.54) is 5.57 Å². The molecule has 1 aliphatic rings.